The lowest BCUT2D eigenvalue weighted by Gasteiger charge is -2.34. The van der Waals surface area contributed by atoms with Crippen LogP contribution >= 0.6 is 0 Å². The molecule has 3 aliphatic heterocycles. The van der Waals surface area contributed by atoms with Gasteiger partial charge in [0.05, 0.1) is 6.61 Å². The highest BCUT2D eigenvalue weighted by Gasteiger charge is 2.71. The summed E-state index contributed by atoms with van der Waals surface area (Å²) < 4.78 is 86.8. The molecule has 0 radical (unpaired) electrons. The third-order valence-electron chi connectivity index (χ3n) is 8.87. The normalized spacial score (nSPS) is 20.8. The van der Waals surface area contributed by atoms with Gasteiger partial charge in [-0.3, -0.25) is 14.5 Å². The number of rotatable bonds is 7. The van der Waals surface area contributed by atoms with Gasteiger partial charge in [-0.15, -0.1) is 0 Å². The van der Waals surface area contributed by atoms with E-state index < -0.39 is 53.4 Å². The standard InChI is InChI=1S/C31H34F6N4O5/c1-3-5-20-16-22(29(45,30(32,33)34)31(35,36)37)8-9-23(20)39-11-4-12-40(14-13-39)25(42)18-41-26(43)28(2,38-27(41)44)21-7-6-19-10-15-46-24(19)17-21/h6-9,16-17,45H,3-5,10-15,18H2,1-2H3,(H,38,44). The Morgan fingerprint density at radius 1 is 1.00 bits per heavy atom. The average Bonchev–Trinajstić information content (AvgIpc) is 3.43. The number of halogens is 6. The molecular formula is C31H34F6N4O5. The molecule has 4 amide bonds. The van der Waals surface area contributed by atoms with Gasteiger partial charge in [-0.1, -0.05) is 37.6 Å². The lowest BCUT2D eigenvalue weighted by atomic mass is 9.89. The van der Waals surface area contributed by atoms with Gasteiger partial charge in [-0.2, -0.15) is 26.3 Å². The molecule has 15 heteroatoms. The molecule has 250 valence electrons. The van der Waals surface area contributed by atoms with Crippen LogP contribution in [0.3, 0.4) is 0 Å². The van der Waals surface area contributed by atoms with Crippen LogP contribution in [0.1, 0.15) is 48.9 Å². The van der Waals surface area contributed by atoms with E-state index in [0.29, 0.717) is 49.1 Å². The van der Waals surface area contributed by atoms with Crippen LogP contribution in [0.2, 0.25) is 0 Å². The van der Waals surface area contributed by atoms with Crippen molar-refractivity contribution in [1.82, 2.24) is 15.1 Å². The second-order valence-electron chi connectivity index (χ2n) is 11.9. The van der Waals surface area contributed by atoms with Gasteiger partial charge in [-0.05, 0) is 48.6 Å². The summed E-state index contributed by atoms with van der Waals surface area (Å²) in [7, 11) is 0. The summed E-state index contributed by atoms with van der Waals surface area (Å²) in [6.07, 6.45) is -10.3. The first-order valence-electron chi connectivity index (χ1n) is 14.9. The van der Waals surface area contributed by atoms with Crippen LogP contribution in [-0.4, -0.2) is 84.4 Å². The van der Waals surface area contributed by atoms with Crippen LogP contribution in [0.5, 0.6) is 5.75 Å². The Morgan fingerprint density at radius 3 is 2.39 bits per heavy atom. The monoisotopic (exact) mass is 656 g/mol. The summed E-state index contributed by atoms with van der Waals surface area (Å²) in [6, 6.07) is 7.08. The number of imide groups is 1. The number of hydrogen-bond acceptors (Lipinski definition) is 6. The summed E-state index contributed by atoms with van der Waals surface area (Å²) in [5.41, 5.74) is -5.65. The Kier molecular flexibility index (Phi) is 8.68. The van der Waals surface area contributed by atoms with Gasteiger partial charge in [0.1, 0.15) is 17.8 Å². The largest absolute Gasteiger partial charge is 0.493 e. The Balaban J connectivity index is 1.29. The number of carbonyl (C=O) groups is 3. The third kappa shape index (κ3) is 5.73. The zero-order valence-corrected chi connectivity index (χ0v) is 25.2. The molecule has 0 aromatic heterocycles. The molecule has 1 unspecified atom stereocenters. The van der Waals surface area contributed by atoms with Crippen LogP contribution in [0.15, 0.2) is 36.4 Å². The summed E-state index contributed by atoms with van der Waals surface area (Å²) in [5, 5.41) is 12.6. The van der Waals surface area contributed by atoms with Gasteiger partial charge in [0.25, 0.3) is 11.5 Å². The van der Waals surface area contributed by atoms with Crippen LogP contribution in [-0.2, 0) is 33.6 Å². The van der Waals surface area contributed by atoms with Gasteiger partial charge in [0, 0.05) is 43.9 Å². The maximum atomic E-state index is 13.5. The Bertz CT molecular complexity index is 1520. The molecule has 0 aliphatic carbocycles. The lowest BCUT2D eigenvalue weighted by Crippen LogP contribution is -2.54. The van der Waals surface area contributed by atoms with E-state index in [-0.39, 0.29) is 31.6 Å². The van der Waals surface area contributed by atoms with Crippen molar-refractivity contribution in [1.29, 1.82) is 0 Å². The first-order valence-corrected chi connectivity index (χ1v) is 14.9. The average molecular weight is 657 g/mol. The van der Waals surface area contributed by atoms with Crippen LogP contribution in [0, 0.1) is 0 Å². The zero-order valence-electron chi connectivity index (χ0n) is 25.2. The number of urea groups is 1. The number of nitrogens with zero attached hydrogens (tertiary/aromatic N) is 3. The van der Waals surface area contributed by atoms with E-state index in [0.717, 1.165) is 29.0 Å². The molecule has 2 N–H and O–H groups in total. The third-order valence-corrected chi connectivity index (χ3v) is 8.87. The predicted octanol–water partition coefficient (Wildman–Crippen LogP) is 4.39. The van der Waals surface area contributed by atoms with Crippen LogP contribution in [0.4, 0.5) is 36.8 Å². The topological polar surface area (TPSA) is 102 Å². The second-order valence-corrected chi connectivity index (χ2v) is 11.9. The SMILES string of the molecule is CCCc1cc(C(O)(C(F)(F)F)C(F)(F)F)ccc1N1CCCN(C(=O)CN2C(=O)NC(C)(c3ccc4c(c3)OCC4)C2=O)CC1. The quantitative estimate of drug-likeness (QED) is 0.339. The molecule has 5 rings (SSSR count). The van der Waals surface area contributed by atoms with E-state index in [4.69, 9.17) is 4.74 Å². The van der Waals surface area contributed by atoms with Gasteiger partial charge < -0.3 is 25.0 Å². The molecule has 2 aromatic carbocycles. The Labute approximate surface area is 261 Å². The number of fused-ring (bicyclic) bond motifs is 1. The molecule has 3 heterocycles. The number of aryl methyl sites for hydroxylation is 1. The van der Waals surface area contributed by atoms with E-state index in [1.54, 1.807) is 30.9 Å². The molecule has 0 spiro atoms. The maximum absolute atomic E-state index is 13.5. The summed E-state index contributed by atoms with van der Waals surface area (Å²) >= 11 is 0. The number of benzene rings is 2. The molecule has 1 atom stereocenters. The molecule has 2 aromatic rings. The molecule has 9 nitrogen and oxygen atoms in total. The van der Waals surface area contributed by atoms with Crippen molar-refractivity contribution in [2.75, 3.05) is 44.2 Å². The smallest absolute Gasteiger partial charge is 0.430 e. The summed E-state index contributed by atoms with van der Waals surface area (Å²) in [4.78, 5) is 43.7. The number of nitrogens with one attached hydrogen (secondary N) is 1. The number of carbonyl (C=O) groups excluding carboxylic acids is 3. The number of amides is 4. The van der Waals surface area contributed by atoms with Crippen molar-refractivity contribution in [3.8, 4) is 5.75 Å². The number of alkyl halides is 6. The minimum absolute atomic E-state index is 0.129. The van der Waals surface area contributed by atoms with Gasteiger partial charge in [0.15, 0.2) is 0 Å². The van der Waals surface area contributed by atoms with Crippen molar-refractivity contribution < 1.29 is 50.6 Å². The highest BCUT2D eigenvalue weighted by atomic mass is 19.4. The minimum Gasteiger partial charge on any atom is -0.493 e. The van der Waals surface area contributed by atoms with Gasteiger partial charge >= 0.3 is 18.4 Å². The Hall–Kier alpha value is -4.01. The molecule has 46 heavy (non-hydrogen) atoms. The summed E-state index contributed by atoms with van der Waals surface area (Å²) in [5.74, 6) is -0.448. The fourth-order valence-electron chi connectivity index (χ4n) is 6.23. The Morgan fingerprint density at radius 2 is 1.72 bits per heavy atom. The van der Waals surface area contributed by atoms with E-state index in [1.165, 1.54) is 4.90 Å². The van der Waals surface area contributed by atoms with E-state index in [2.05, 4.69) is 5.32 Å². The fourth-order valence-corrected chi connectivity index (χ4v) is 6.23. The van der Waals surface area contributed by atoms with Crippen molar-refractivity contribution in [3.05, 3.63) is 58.7 Å². The number of aliphatic hydroxyl groups is 1. The molecule has 0 bridgehead atoms. The molecule has 2 fully saturated rings. The van der Waals surface area contributed by atoms with Crippen molar-refractivity contribution in [2.24, 2.45) is 0 Å². The maximum Gasteiger partial charge on any atom is 0.430 e. The fraction of sp³-hybridized carbons (Fsp3) is 0.516. The number of anilines is 1. The van der Waals surface area contributed by atoms with E-state index in [1.807, 2.05) is 6.07 Å². The first-order chi connectivity index (χ1) is 21.5. The highest BCUT2D eigenvalue weighted by molar-refractivity contribution is 6.09. The number of hydrogen-bond donors (Lipinski definition) is 2. The van der Waals surface area contributed by atoms with Crippen LogP contribution < -0.4 is 15.0 Å². The molecule has 0 saturated carbocycles. The highest BCUT2D eigenvalue weighted by Crippen LogP contribution is 2.50. The number of ether oxygens (including phenoxy) is 1. The summed E-state index contributed by atoms with van der Waals surface area (Å²) in [6.45, 7) is 4.20. The van der Waals surface area contributed by atoms with Gasteiger partial charge in [0.2, 0.25) is 5.91 Å². The van der Waals surface area contributed by atoms with E-state index in [9.17, 15) is 45.8 Å². The molecule has 3 aliphatic rings. The predicted molar refractivity (Wildman–Crippen MR) is 153 cm³/mol. The van der Waals surface area contributed by atoms with Crippen molar-refractivity contribution in [2.45, 2.75) is 63.0 Å². The second kappa shape index (κ2) is 12.0. The van der Waals surface area contributed by atoms with Gasteiger partial charge in [-0.25, -0.2) is 4.79 Å². The minimum atomic E-state index is -6.00. The zero-order chi connectivity index (χ0) is 33.7. The first kappa shape index (κ1) is 33.4. The van der Waals surface area contributed by atoms with Crippen LogP contribution in [0.25, 0.3) is 0 Å². The lowest BCUT2D eigenvalue weighted by molar-refractivity contribution is -0.376. The van der Waals surface area contributed by atoms with Crippen molar-refractivity contribution in [3.63, 3.8) is 0 Å². The van der Waals surface area contributed by atoms with Crippen molar-refractivity contribution >= 4 is 23.5 Å². The molecule has 2 saturated heterocycles. The molecular weight excluding hydrogens is 622 g/mol. The van der Waals surface area contributed by atoms with E-state index >= 15 is 0 Å².